The van der Waals surface area contributed by atoms with Gasteiger partial charge in [-0.1, -0.05) is 48.5 Å². The smallest absolute Gasteiger partial charge is 0.302 e. The molecule has 0 aromatic heterocycles. The van der Waals surface area contributed by atoms with Crippen LogP contribution in [0.4, 0.5) is 0 Å². The standard InChI is InChI=1S/C23H30N2O3/c1-19(28-20(2)26)23(21-9-5-3-6-10-21)25-15-13-24(14-16-25)17-18-27-22-11-7-4-8-12-22/h3-12,19,23H,13-18H2,1-2H3. The lowest BCUT2D eigenvalue weighted by atomic mass is 9.99. The molecule has 5 nitrogen and oxygen atoms in total. The molecule has 1 saturated heterocycles. The van der Waals surface area contributed by atoms with Gasteiger partial charge in [0, 0.05) is 39.6 Å². The van der Waals surface area contributed by atoms with Gasteiger partial charge < -0.3 is 9.47 Å². The molecule has 1 aliphatic heterocycles. The summed E-state index contributed by atoms with van der Waals surface area (Å²) >= 11 is 0. The third kappa shape index (κ3) is 5.81. The second-order valence-corrected chi connectivity index (χ2v) is 7.21. The lowest BCUT2D eigenvalue weighted by Crippen LogP contribution is -2.50. The summed E-state index contributed by atoms with van der Waals surface area (Å²) in [4.78, 5) is 16.4. The van der Waals surface area contributed by atoms with E-state index in [1.54, 1.807) is 0 Å². The molecule has 150 valence electrons. The third-order valence-electron chi connectivity index (χ3n) is 5.16. The summed E-state index contributed by atoms with van der Waals surface area (Å²) in [6.07, 6.45) is -0.187. The molecule has 0 spiro atoms. The van der Waals surface area contributed by atoms with Crippen molar-refractivity contribution in [2.45, 2.75) is 26.0 Å². The zero-order chi connectivity index (χ0) is 19.8. The molecular weight excluding hydrogens is 352 g/mol. The van der Waals surface area contributed by atoms with Crippen LogP contribution in [0.15, 0.2) is 60.7 Å². The molecule has 0 saturated carbocycles. The zero-order valence-corrected chi connectivity index (χ0v) is 16.8. The first-order chi connectivity index (χ1) is 13.6. The molecule has 2 unspecified atom stereocenters. The number of rotatable bonds is 8. The second kappa shape index (κ2) is 10.2. The minimum Gasteiger partial charge on any atom is -0.492 e. The Bertz CT molecular complexity index is 715. The Labute approximate surface area is 167 Å². The Balaban J connectivity index is 1.53. The summed E-state index contributed by atoms with van der Waals surface area (Å²) in [5, 5.41) is 0. The van der Waals surface area contributed by atoms with Crippen LogP contribution in [0.25, 0.3) is 0 Å². The number of ether oxygens (including phenoxy) is 2. The van der Waals surface area contributed by atoms with E-state index in [2.05, 4.69) is 21.9 Å². The van der Waals surface area contributed by atoms with E-state index in [9.17, 15) is 4.79 Å². The molecule has 0 amide bonds. The quantitative estimate of drug-likeness (QED) is 0.655. The zero-order valence-electron chi connectivity index (χ0n) is 16.8. The van der Waals surface area contributed by atoms with Gasteiger partial charge in [-0.15, -0.1) is 0 Å². The molecule has 2 atom stereocenters. The van der Waals surface area contributed by atoms with Gasteiger partial charge in [-0.25, -0.2) is 0 Å². The maximum absolute atomic E-state index is 11.5. The number of benzene rings is 2. The van der Waals surface area contributed by atoms with Crippen molar-refractivity contribution in [2.24, 2.45) is 0 Å². The predicted octanol–water partition coefficient (Wildman–Crippen LogP) is 3.38. The van der Waals surface area contributed by atoms with E-state index in [0.29, 0.717) is 6.61 Å². The Morgan fingerprint density at radius 1 is 0.964 bits per heavy atom. The number of hydrogen-bond donors (Lipinski definition) is 0. The van der Waals surface area contributed by atoms with E-state index >= 15 is 0 Å². The topological polar surface area (TPSA) is 42.0 Å². The van der Waals surface area contributed by atoms with Gasteiger partial charge in [0.05, 0.1) is 6.04 Å². The Kier molecular flexibility index (Phi) is 7.46. The Hall–Kier alpha value is -2.37. The van der Waals surface area contributed by atoms with Crippen molar-refractivity contribution >= 4 is 5.97 Å². The second-order valence-electron chi connectivity index (χ2n) is 7.21. The Morgan fingerprint density at radius 3 is 2.18 bits per heavy atom. The minimum atomic E-state index is -0.231. The van der Waals surface area contributed by atoms with Crippen LogP contribution < -0.4 is 4.74 Å². The molecule has 0 radical (unpaired) electrons. The molecule has 0 bridgehead atoms. The van der Waals surface area contributed by atoms with E-state index < -0.39 is 0 Å². The molecule has 1 heterocycles. The average Bonchev–Trinajstić information content (AvgIpc) is 2.70. The van der Waals surface area contributed by atoms with Crippen LogP contribution >= 0.6 is 0 Å². The van der Waals surface area contributed by atoms with E-state index in [1.165, 1.54) is 12.5 Å². The number of carbonyl (C=O) groups is 1. The van der Waals surface area contributed by atoms with Crippen LogP contribution in [-0.2, 0) is 9.53 Å². The van der Waals surface area contributed by atoms with Crippen molar-refractivity contribution in [1.82, 2.24) is 9.80 Å². The maximum Gasteiger partial charge on any atom is 0.302 e. The Morgan fingerprint density at radius 2 is 1.57 bits per heavy atom. The molecule has 3 rings (SSSR count). The largest absolute Gasteiger partial charge is 0.492 e. The fraction of sp³-hybridized carbons (Fsp3) is 0.435. The van der Waals surface area contributed by atoms with Crippen LogP contribution in [0.1, 0.15) is 25.5 Å². The SMILES string of the molecule is CC(=O)OC(C)C(c1ccccc1)N1CCN(CCOc2ccccc2)CC1. The van der Waals surface area contributed by atoms with E-state index in [-0.39, 0.29) is 18.1 Å². The highest BCUT2D eigenvalue weighted by molar-refractivity contribution is 5.66. The van der Waals surface area contributed by atoms with Crippen LogP contribution in [0.5, 0.6) is 5.75 Å². The number of esters is 1. The summed E-state index contributed by atoms with van der Waals surface area (Å²) in [6, 6.07) is 20.3. The first kappa shape index (κ1) is 20.4. The van der Waals surface area contributed by atoms with Crippen molar-refractivity contribution in [3.05, 3.63) is 66.2 Å². The number of carbonyl (C=O) groups excluding carboxylic acids is 1. The molecular formula is C23H30N2O3. The molecule has 1 fully saturated rings. The van der Waals surface area contributed by atoms with Crippen LogP contribution in [0.3, 0.4) is 0 Å². The first-order valence-corrected chi connectivity index (χ1v) is 10.00. The highest BCUT2D eigenvalue weighted by Gasteiger charge is 2.30. The molecule has 1 aliphatic rings. The fourth-order valence-electron chi connectivity index (χ4n) is 3.83. The maximum atomic E-state index is 11.5. The lowest BCUT2D eigenvalue weighted by molar-refractivity contribution is -0.149. The summed E-state index contributed by atoms with van der Waals surface area (Å²) < 4.78 is 11.4. The fourth-order valence-corrected chi connectivity index (χ4v) is 3.83. The normalized spacial score (nSPS) is 17.6. The lowest BCUT2D eigenvalue weighted by Gasteiger charge is -2.41. The molecule has 2 aromatic rings. The minimum absolute atomic E-state index is 0.0767. The number of hydrogen-bond acceptors (Lipinski definition) is 5. The van der Waals surface area contributed by atoms with Gasteiger partial charge in [0.2, 0.25) is 0 Å². The third-order valence-corrected chi connectivity index (χ3v) is 5.16. The van der Waals surface area contributed by atoms with Crippen LogP contribution in [0.2, 0.25) is 0 Å². The van der Waals surface area contributed by atoms with Crippen molar-refractivity contribution in [3.63, 3.8) is 0 Å². The first-order valence-electron chi connectivity index (χ1n) is 10.00. The van der Waals surface area contributed by atoms with Crippen molar-refractivity contribution < 1.29 is 14.3 Å². The van der Waals surface area contributed by atoms with Crippen LogP contribution in [0, 0.1) is 0 Å². The van der Waals surface area contributed by atoms with Gasteiger partial charge in [0.1, 0.15) is 18.5 Å². The van der Waals surface area contributed by atoms with Gasteiger partial charge in [-0.05, 0) is 24.6 Å². The van der Waals surface area contributed by atoms with E-state index in [0.717, 1.165) is 38.5 Å². The molecule has 28 heavy (non-hydrogen) atoms. The van der Waals surface area contributed by atoms with Crippen molar-refractivity contribution in [2.75, 3.05) is 39.3 Å². The summed E-state index contributed by atoms with van der Waals surface area (Å²) in [5.41, 5.74) is 1.19. The predicted molar refractivity (Wildman–Crippen MR) is 110 cm³/mol. The van der Waals surface area contributed by atoms with Crippen LogP contribution in [-0.4, -0.2) is 61.2 Å². The van der Waals surface area contributed by atoms with Crippen molar-refractivity contribution in [3.8, 4) is 5.75 Å². The van der Waals surface area contributed by atoms with Crippen molar-refractivity contribution in [1.29, 1.82) is 0 Å². The summed E-state index contributed by atoms with van der Waals surface area (Å²) in [5.74, 6) is 0.686. The molecule has 0 N–H and O–H groups in total. The number of para-hydroxylation sites is 1. The van der Waals surface area contributed by atoms with Gasteiger partial charge in [0.25, 0.3) is 0 Å². The van der Waals surface area contributed by atoms with Gasteiger partial charge in [-0.3, -0.25) is 14.6 Å². The molecule has 5 heteroatoms. The molecule has 2 aromatic carbocycles. The summed E-state index contributed by atoms with van der Waals surface area (Å²) in [6.45, 7) is 8.91. The van der Waals surface area contributed by atoms with Gasteiger partial charge >= 0.3 is 5.97 Å². The summed E-state index contributed by atoms with van der Waals surface area (Å²) in [7, 11) is 0. The van der Waals surface area contributed by atoms with Gasteiger partial charge in [0.15, 0.2) is 0 Å². The monoisotopic (exact) mass is 382 g/mol. The highest BCUT2D eigenvalue weighted by Crippen LogP contribution is 2.27. The van der Waals surface area contributed by atoms with Gasteiger partial charge in [-0.2, -0.15) is 0 Å². The average molecular weight is 383 g/mol. The number of piperazine rings is 1. The van der Waals surface area contributed by atoms with E-state index in [4.69, 9.17) is 9.47 Å². The number of nitrogens with zero attached hydrogens (tertiary/aromatic N) is 2. The van der Waals surface area contributed by atoms with E-state index in [1.807, 2.05) is 55.5 Å². The molecule has 0 aliphatic carbocycles. The highest BCUT2D eigenvalue weighted by atomic mass is 16.5.